The van der Waals surface area contributed by atoms with Crippen molar-refractivity contribution in [3.05, 3.63) is 0 Å². The van der Waals surface area contributed by atoms with Crippen LogP contribution in [0.5, 0.6) is 0 Å². The van der Waals surface area contributed by atoms with Crippen molar-refractivity contribution in [1.82, 2.24) is 0 Å². The minimum absolute atomic E-state index is 0.0822. The Hall–Kier alpha value is -1.14. The van der Waals surface area contributed by atoms with Gasteiger partial charge in [0.05, 0.1) is 40.1 Å². The van der Waals surface area contributed by atoms with Crippen molar-refractivity contribution in [3.63, 3.8) is 0 Å². The molecular formula is C13H26NO5+. The highest BCUT2D eigenvalue weighted by Crippen LogP contribution is 2.09. The Labute approximate surface area is 114 Å². The zero-order chi connectivity index (χ0) is 15.1. The number of hydrogen-bond donors (Lipinski definition) is 2. The van der Waals surface area contributed by atoms with E-state index in [4.69, 9.17) is 9.84 Å². The Bertz CT molecular complexity index is 298. The summed E-state index contributed by atoms with van der Waals surface area (Å²) < 4.78 is 5.66. The summed E-state index contributed by atoms with van der Waals surface area (Å²) in [7, 11) is 5.69. The van der Waals surface area contributed by atoms with E-state index in [0.717, 1.165) is 6.42 Å². The van der Waals surface area contributed by atoms with Crippen molar-refractivity contribution in [2.75, 3.05) is 27.7 Å². The molecule has 0 aliphatic heterocycles. The van der Waals surface area contributed by atoms with Crippen molar-refractivity contribution >= 4 is 11.9 Å². The molecule has 0 spiro atoms. The van der Waals surface area contributed by atoms with E-state index >= 15 is 0 Å². The summed E-state index contributed by atoms with van der Waals surface area (Å²) in [6.45, 7) is 2.33. The number of hydrogen-bond acceptors (Lipinski definition) is 4. The second kappa shape index (κ2) is 8.12. The maximum Gasteiger partial charge on any atom is 0.308 e. The number of ether oxygens (including phenoxy) is 1. The van der Waals surface area contributed by atoms with E-state index in [0.29, 0.717) is 17.4 Å². The number of carboxylic acid groups (broad SMARTS) is 1. The van der Waals surface area contributed by atoms with Gasteiger partial charge < -0.3 is 19.4 Å². The summed E-state index contributed by atoms with van der Waals surface area (Å²) in [5, 5.41) is 18.3. The number of quaternary nitrogens is 1. The van der Waals surface area contributed by atoms with Crippen LogP contribution in [0, 0.1) is 0 Å². The smallest absolute Gasteiger partial charge is 0.308 e. The zero-order valence-corrected chi connectivity index (χ0v) is 12.3. The molecule has 0 amide bonds. The van der Waals surface area contributed by atoms with Crippen LogP contribution >= 0.6 is 0 Å². The molecule has 19 heavy (non-hydrogen) atoms. The summed E-state index contributed by atoms with van der Waals surface area (Å²) in [6, 6.07) is 0. The van der Waals surface area contributed by atoms with Crippen LogP contribution < -0.4 is 0 Å². The number of aliphatic hydroxyl groups is 1. The maximum absolute atomic E-state index is 11.6. The van der Waals surface area contributed by atoms with E-state index < -0.39 is 24.1 Å². The van der Waals surface area contributed by atoms with Crippen LogP contribution in [0.4, 0.5) is 0 Å². The predicted molar refractivity (Wildman–Crippen MR) is 70.6 cm³/mol. The predicted octanol–water partition coefficient (Wildman–Crippen LogP) is 0.630. The van der Waals surface area contributed by atoms with Gasteiger partial charge in [-0.15, -0.1) is 0 Å². The van der Waals surface area contributed by atoms with Gasteiger partial charge >= 0.3 is 11.9 Å². The lowest BCUT2D eigenvalue weighted by atomic mass is 10.1. The summed E-state index contributed by atoms with van der Waals surface area (Å²) >= 11 is 0. The van der Waals surface area contributed by atoms with E-state index in [2.05, 4.69) is 0 Å². The fourth-order valence-corrected chi connectivity index (χ4v) is 1.81. The second-order valence-corrected chi connectivity index (χ2v) is 5.83. The van der Waals surface area contributed by atoms with E-state index in [-0.39, 0.29) is 12.8 Å². The highest BCUT2D eigenvalue weighted by atomic mass is 16.5. The molecule has 6 heteroatoms. The van der Waals surface area contributed by atoms with Gasteiger partial charge in [0.2, 0.25) is 0 Å². The molecule has 0 rings (SSSR count). The topological polar surface area (TPSA) is 83.8 Å². The maximum atomic E-state index is 11.6. The molecule has 2 N–H and O–H groups in total. The molecule has 0 aromatic rings. The fourth-order valence-electron chi connectivity index (χ4n) is 1.81. The second-order valence-electron chi connectivity index (χ2n) is 5.83. The third kappa shape index (κ3) is 10.5. The third-order valence-electron chi connectivity index (χ3n) is 2.48. The van der Waals surface area contributed by atoms with E-state index in [9.17, 15) is 14.7 Å². The SMILES string of the molecule is CCC[C@@H](O)CC(=O)OC(CC(=O)O)C[N+](C)(C)C. The molecule has 1 unspecified atom stereocenters. The summed E-state index contributed by atoms with van der Waals surface area (Å²) in [5.74, 6) is -1.54. The van der Waals surface area contributed by atoms with Gasteiger partial charge in [-0.3, -0.25) is 9.59 Å². The van der Waals surface area contributed by atoms with Crippen LogP contribution in [0.3, 0.4) is 0 Å². The number of carbonyl (C=O) groups is 2. The molecule has 2 atom stereocenters. The van der Waals surface area contributed by atoms with Crippen molar-refractivity contribution in [3.8, 4) is 0 Å². The largest absolute Gasteiger partial charge is 0.481 e. The van der Waals surface area contributed by atoms with E-state index in [1.807, 2.05) is 28.1 Å². The average Bonchev–Trinajstić information content (AvgIpc) is 2.12. The summed E-state index contributed by atoms with van der Waals surface area (Å²) in [5.41, 5.74) is 0. The van der Waals surface area contributed by atoms with Crippen molar-refractivity contribution in [2.45, 2.75) is 44.8 Å². The molecule has 0 radical (unpaired) electrons. The molecule has 6 nitrogen and oxygen atoms in total. The van der Waals surface area contributed by atoms with Gasteiger partial charge in [0, 0.05) is 0 Å². The minimum atomic E-state index is -1.000. The molecule has 0 fully saturated rings. The van der Waals surface area contributed by atoms with E-state index in [1.54, 1.807) is 0 Å². The molecule has 0 saturated heterocycles. The normalized spacial score (nSPS) is 14.8. The zero-order valence-electron chi connectivity index (χ0n) is 12.3. The monoisotopic (exact) mass is 276 g/mol. The minimum Gasteiger partial charge on any atom is -0.481 e. The quantitative estimate of drug-likeness (QED) is 0.477. The molecular weight excluding hydrogens is 250 g/mol. The van der Waals surface area contributed by atoms with Gasteiger partial charge in [0.25, 0.3) is 0 Å². The van der Waals surface area contributed by atoms with Crippen molar-refractivity contribution in [1.29, 1.82) is 0 Å². The van der Waals surface area contributed by atoms with Crippen molar-refractivity contribution in [2.24, 2.45) is 0 Å². The van der Waals surface area contributed by atoms with Crippen LogP contribution in [0.25, 0.3) is 0 Å². The van der Waals surface area contributed by atoms with Gasteiger partial charge in [-0.2, -0.15) is 0 Å². The molecule has 0 saturated carbocycles. The standard InChI is InChI=1S/C13H25NO5/c1-5-6-10(15)7-13(18)19-11(8-12(16)17)9-14(2,3)4/h10-11,15H,5-9H2,1-4H3/p+1/t10-,11?/m1/s1. The van der Waals surface area contributed by atoms with Crippen molar-refractivity contribution < 1.29 is 29.0 Å². The Kier molecular flexibility index (Phi) is 7.63. The summed E-state index contributed by atoms with van der Waals surface area (Å²) in [4.78, 5) is 22.4. The van der Waals surface area contributed by atoms with Crippen LogP contribution in [-0.2, 0) is 14.3 Å². The number of aliphatic hydroxyl groups excluding tert-OH is 1. The molecule has 0 aliphatic carbocycles. The van der Waals surface area contributed by atoms with Crippen LogP contribution in [0.1, 0.15) is 32.6 Å². The van der Waals surface area contributed by atoms with E-state index in [1.165, 1.54) is 0 Å². The first-order valence-corrected chi connectivity index (χ1v) is 6.53. The summed E-state index contributed by atoms with van der Waals surface area (Å²) in [6.07, 6.45) is -0.363. The van der Waals surface area contributed by atoms with Gasteiger partial charge in [-0.1, -0.05) is 13.3 Å². The first kappa shape index (κ1) is 17.9. The molecule has 0 heterocycles. The third-order valence-corrected chi connectivity index (χ3v) is 2.48. The first-order chi connectivity index (χ1) is 8.64. The number of esters is 1. The number of aliphatic carboxylic acids is 1. The average molecular weight is 276 g/mol. The molecule has 112 valence electrons. The molecule has 0 aromatic heterocycles. The van der Waals surface area contributed by atoms with Crippen LogP contribution in [0.15, 0.2) is 0 Å². The van der Waals surface area contributed by atoms with Gasteiger partial charge in [0.1, 0.15) is 6.54 Å². The fraction of sp³-hybridized carbons (Fsp3) is 0.846. The Balaban J connectivity index is 4.38. The lowest BCUT2D eigenvalue weighted by molar-refractivity contribution is -0.873. The number of carbonyl (C=O) groups excluding carboxylic acids is 1. The molecule has 0 aliphatic rings. The van der Waals surface area contributed by atoms with Gasteiger partial charge in [-0.25, -0.2) is 0 Å². The van der Waals surface area contributed by atoms with Crippen LogP contribution in [0.2, 0.25) is 0 Å². The first-order valence-electron chi connectivity index (χ1n) is 6.53. The molecule has 0 bridgehead atoms. The Morgan fingerprint density at radius 3 is 2.21 bits per heavy atom. The highest BCUT2D eigenvalue weighted by Gasteiger charge is 2.25. The number of rotatable bonds is 9. The number of nitrogens with zero attached hydrogens (tertiary/aromatic N) is 1. The lowest BCUT2D eigenvalue weighted by Crippen LogP contribution is -2.44. The number of carboxylic acids is 1. The Morgan fingerprint density at radius 2 is 1.79 bits per heavy atom. The highest BCUT2D eigenvalue weighted by molar-refractivity contribution is 5.71. The Morgan fingerprint density at radius 1 is 1.21 bits per heavy atom. The van der Waals surface area contributed by atoms with Crippen LogP contribution in [-0.4, -0.2) is 66.5 Å². The lowest BCUT2D eigenvalue weighted by Gasteiger charge is -2.28. The molecule has 0 aromatic carbocycles. The van der Waals surface area contributed by atoms with Gasteiger partial charge in [0.15, 0.2) is 6.10 Å². The van der Waals surface area contributed by atoms with Gasteiger partial charge in [-0.05, 0) is 6.42 Å². The number of likely N-dealkylation sites (N-methyl/N-ethyl adjacent to an activating group) is 1.